The van der Waals surface area contributed by atoms with E-state index in [0.717, 1.165) is 4.68 Å². The van der Waals surface area contributed by atoms with E-state index >= 15 is 0 Å². The van der Waals surface area contributed by atoms with E-state index in [1.165, 1.54) is 13.3 Å². The molecule has 1 rings (SSSR count). The van der Waals surface area contributed by atoms with Crippen LogP contribution in [0.4, 0.5) is 5.95 Å². The average Bonchev–Trinajstić information content (AvgIpc) is 2.46. The summed E-state index contributed by atoms with van der Waals surface area (Å²) in [5.41, 5.74) is 0. The molecule has 7 nitrogen and oxygen atoms in total. The topological polar surface area (TPSA) is 83.1 Å². The molecule has 0 bridgehead atoms. The SMILES string of the molecule is C=Cn1nc([N+](=O)[O-])nc1OC. The maximum absolute atomic E-state index is 10.2. The molecule has 0 aromatic carbocycles. The molecule has 0 saturated carbocycles. The summed E-state index contributed by atoms with van der Waals surface area (Å²) in [6, 6.07) is 0.0386. The molecule has 0 unspecified atom stereocenters. The van der Waals surface area contributed by atoms with Gasteiger partial charge < -0.3 is 14.9 Å². The number of hydrogen-bond acceptors (Lipinski definition) is 5. The Morgan fingerprint density at radius 2 is 2.50 bits per heavy atom. The van der Waals surface area contributed by atoms with Crippen LogP contribution in [-0.4, -0.2) is 26.8 Å². The monoisotopic (exact) mass is 170 g/mol. The van der Waals surface area contributed by atoms with Gasteiger partial charge >= 0.3 is 12.0 Å². The van der Waals surface area contributed by atoms with E-state index < -0.39 is 10.9 Å². The molecule has 64 valence electrons. The highest BCUT2D eigenvalue weighted by Crippen LogP contribution is 2.11. The van der Waals surface area contributed by atoms with Gasteiger partial charge in [0, 0.05) is 11.3 Å². The highest BCUT2D eigenvalue weighted by atomic mass is 16.6. The second-order valence-electron chi connectivity index (χ2n) is 1.78. The van der Waals surface area contributed by atoms with Crippen LogP contribution in [0.25, 0.3) is 6.20 Å². The highest BCUT2D eigenvalue weighted by molar-refractivity contribution is 5.23. The molecule has 0 fully saturated rings. The zero-order valence-electron chi connectivity index (χ0n) is 6.30. The maximum atomic E-state index is 10.2. The molecule has 1 heterocycles. The van der Waals surface area contributed by atoms with Crippen LogP contribution in [-0.2, 0) is 0 Å². The highest BCUT2D eigenvalue weighted by Gasteiger charge is 2.19. The molecular weight excluding hydrogens is 164 g/mol. The van der Waals surface area contributed by atoms with Crippen molar-refractivity contribution < 1.29 is 9.66 Å². The first-order valence-corrected chi connectivity index (χ1v) is 2.96. The number of nitrogens with zero attached hydrogens (tertiary/aromatic N) is 4. The summed E-state index contributed by atoms with van der Waals surface area (Å²) in [5, 5.41) is 13.6. The summed E-state index contributed by atoms with van der Waals surface area (Å²) < 4.78 is 5.76. The Hall–Kier alpha value is -1.92. The Bertz CT molecular complexity index is 318. The van der Waals surface area contributed by atoms with Gasteiger partial charge in [0.05, 0.1) is 7.11 Å². The molecule has 1 aromatic heterocycles. The van der Waals surface area contributed by atoms with Gasteiger partial charge in [-0.15, -0.1) is 4.68 Å². The fraction of sp³-hybridized carbons (Fsp3) is 0.200. The molecular formula is C5H6N4O3. The van der Waals surface area contributed by atoms with Crippen LogP contribution in [0.5, 0.6) is 6.01 Å². The van der Waals surface area contributed by atoms with Gasteiger partial charge in [-0.1, -0.05) is 6.58 Å². The van der Waals surface area contributed by atoms with E-state index in [1.807, 2.05) is 0 Å². The van der Waals surface area contributed by atoms with Crippen molar-refractivity contribution in [3.8, 4) is 6.01 Å². The maximum Gasteiger partial charge on any atom is 0.494 e. The molecule has 12 heavy (non-hydrogen) atoms. The van der Waals surface area contributed by atoms with E-state index in [9.17, 15) is 10.1 Å². The van der Waals surface area contributed by atoms with Gasteiger partial charge in [0.1, 0.15) is 0 Å². The van der Waals surface area contributed by atoms with Crippen molar-refractivity contribution in [2.24, 2.45) is 0 Å². The zero-order chi connectivity index (χ0) is 9.14. The zero-order valence-corrected chi connectivity index (χ0v) is 6.30. The van der Waals surface area contributed by atoms with Gasteiger partial charge in [0.15, 0.2) is 0 Å². The second-order valence-corrected chi connectivity index (χ2v) is 1.78. The normalized spacial score (nSPS) is 9.42. The Labute approximate surface area is 67.4 Å². The van der Waals surface area contributed by atoms with Gasteiger partial charge in [0.25, 0.3) is 0 Å². The third kappa shape index (κ3) is 1.24. The third-order valence-corrected chi connectivity index (χ3v) is 1.11. The van der Waals surface area contributed by atoms with Crippen LogP contribution < -0.4 is 4.74 Å². The number of aromatic nitrogens is 3. The molecule has 0 spiro atoms. The van der Waals surface area contributed by atoms with E-state index in [2.05, 4.69) is 21.4 Å². The molecule has 0 aliphatic heterocycles. The lowest BCUT2D eigenvalue weighted by Gasteiger charge is -1.87. The standard InChI is InChI=1S/C5H6N4O3/c1-3-8-5(12-2)6-4(7-8)9(10)11/h3H,1H2,2H3. The molecule has 1 aromatic rings. The molecule has 0 radical (unpaired) electrons. The lowest BCUT2D eigenvalue weighted by molar-refractivity contribution is -0.394. The Kier molecular flexibility index (Phi) is 2.04. The largest absolute Gasteiger partial charge is 0.494 e. The number of rotatable bonds is 3. The van der Waals surface area contributed by atoms with Gasteiger partial charge in [-0.25, -0.2) is 0 Å². The smallest absolute Gasteiger partial charge is 0.453 e. The fourth-order valence-corrected chi connectivity index (χ4v) is 0.634. The number of hydrogen-bond donors (Lipinski definition) is 0. The fourth-order valence-electron chi connectivity index (χ4n) is 0.634. The van der Waals surface area contributed by atoms with Gasteiger partial charge in [-0.05, 0) is 9.91 Å². The minimum Gasteiger partial charge on any atom is -0.453 e. The number of nitro groups is 1. The predicted molar refractivity (Wildman–Crippen MR) is 39.6 cm³/mol. The van der Waals surface area contributed by atoms with Gasteiger partial charge in [0.2, 0.25) is 0 Å². The lowest BCUT2D eigenvalue weighted by Crippen LogP contribution is -1.94. The Morgan fingerprint density at radius 3 is 2.83 bits per heavy atom. The summed E-state index contributed by atoms with van der Waals surface area (Å²) in [6.45, 7) is 3.37. The van der Waals surface area contributed by atoms with Crippen molar-refractivity contribution in [1.29, 1.82) is 0 Å². The van der Waals surface area contributed by atoms with Crippen molar-refractivity contribution >= 4 is 12.1 Å². The van der Waals surface area contributed by atoms with Crippen molar-refractivity contribution in [3.63, 3.8) is 0 Å². The molecule has 7 heteroatoms. The van der Waals surface area contributed by atoms with E-state index in [4.69, 9.17) is 0 Å². The van der Waals surface area contributed by atoms with Crippen molar-refractivity contribution in [2.45, 2.75) is 0 Å². The third-order valence-electron chi connectivity index (χ3n) is 1.11. The van der Waals surface area contributed by atoms with Gasteiger partial charge in [-0.3, -0.25) is 0 Å². The molecule has 0 saturated heterocycles. The van der Waals surface area contributed by atoms with E-state index in [0.29, 0.717) is 0 Å². The summed E-state index contributed by atoms with van der Waals surface area (Å²) in [7, 11) is 1.34. The van der Waals surface area contributed by atoms with Crippen molar-refractivity contribution in [3.05, 3.63) is 16.7 Å². The van der Waals surface area contributed by atoms with Crippen LogP contribution in [0, 0.1) is 10.1 Å². The number of methoxy groups -OCH3 is 1. The Balaban J connectivity index is 3.13. The number of ether oxygens (including phenoxy) is 1. The van der Waals surface area contributed by atoms with Crippen LogP contribution in [0.1, 0.15) is 0 Å². The summed E-state index contributed by atoms with van der Waals surface area (Å²) in [5.74, 6) is -0.508. The molecule has 0 amide bonds. The first-order valence-electron chi connectivity index (χ1n) is 2.96. The Morgan fingerprint density at radius 1 is 1.83 bits per heavy atom. The van der Waals surface area contributed by atoms with Crippen molar-refractivity contribution in [1.82, 2.24) is 14.8 Å². The lowest BCUT2D eigenvalue weighted by atomic mass is 11.0. The van der Waals surface area contributed by atoms with Gasteiger partial charge in [-0.2, -0.15) is 0 Å². The van der Waals surface area contributed by atoms with Crippen LogP contribution >= 0.6 is 0 Å². The molecule has 0 N–H and O–H groups in total. The summed E-state index contributed by atoms with van der Waals surface area (Å²) >= 11 is 0. The molecule has 0 atom stereocenters. The van der Waals surface area contributed by atoms with Crippen LogP contribution in [0.15, 0.2) is 6.58 Å². The van der Waals surface area contributed by atoms with Crippen LogP contribution in [0.3, 0.4) is 0 Å². The minimum absolute atomic E-state index is 0.0386. The van der Waals surface area contributed by atoms with Crippen molar-refractivity contribution in [2.75, 3.05) is 7.11 Å². The average molecular weight is 170 g/mol. The predicted octanol–water partition coefficient (Wildman–Crippen LogP) is 0.295. The van der Waals surface area contributed by atoms with E-state index in [1.54, 1.807) is 0 Å². The van der Waals surface area contributed by atoms with Crippen LogP contribution in [0.2, 0.25) is 0 Å². The molecule has 0 aliphatic carbocycles. The summed E-state index contributed by atoms with van der Waals surface area (Å²) in [6.07, 6.45) is 1.26. The second kappa shape index (κ2) is 2.99. The molecule has 0 aliphatic rings. The first kappa shape index (κ1) is 8.18. The first-order chi connectivity index (χ1) is 5.69. The summed E-state index contributed by atoms with van der Waals surface area (Å²) in [4.78, 5) is 12.9. The minimum atomic E-state index is -0.706. The quantitative estimate of drug-likeness (QED) is 0.481. The van der Waals surface area contributed by atoms with E-state index in [-0.39, 0.29) is 6.01 Å².